The van der Waals surface area contributed by atoms with Crippen molar-refractivity contribution in [2.75, 3.05) is 46.6 Å². The first-order valence-corrected chi connectivity index (χ1v) is 4.76. The summed E-state index contributed by atoms with van der Waals surface area (Å²) in [4.78, 5) is 12.4. The monoisotopic (exact) mass is 225 g/mol. The molecule has 0 aliphatic heterocycles. The molecule has 0 aromatic rings. The third-order valence-corrected chi connectivity index (χ3v) is 1.60. The fourth-order valence-corrected chi connectivity index (χ4v) is 0.787. The number of hydrogen-bond acceptors (Lipinski definition) is 4. The number of ether oxygens (including phenoxy) is 3. The van der Waals surface area contributed by atoms with Gasteiger partial charge in [0.25, 0.3) is 0 Å². The summed E-state index contributed by atoms with van der Waals surface area (Å²) in [6.45, 7) is 2.00. The Hall–Kier alpha value is -0.520. The molecule has 0 saturated heterocycles. The van der Waals surface area contributed by atoms with Gasteiger partial charge in [-0.25, -0.2) is 4.79 Å². The predicted octanol–water partition coefficient (Wildman–Crippen LogP) is 0.914. The SMILES string of the molecule is COCCOCCN(C)C(=O)OCCl. The summed E-state index contributed by atoms with van der Waals surface area (Å²) in [5, 5.41) is 0. The number of hydrogen-bond donors (Lipinski definition) is 0. The topological polar surface area (TPSA) is 48.0 Å². The fourth-order valence-electron chi connectivity index (χ4n) is 0.694. The molecule has 0 aromatic heterocycles. The lowest BCUT2D eigenvalue weighted by atomic mass is 10.6. The molecule has 0 aliphatic carbocycles. The van der Waals surface area contributed by atoms with Gasteiger partial charge < -0.3 is 19.1 Å². The molecule has 0 heterocycles. The Kier molecular flexibility index (Phi) is 8.72. The average Bonchev–Trinajstić information content (AvgIpc) is 2.17. The van der Waals surface area contributed by atoms with E-state index in [0.29, 0.717) is 26.4 Å². The largest absolute Gasteiger partial charge is 0.433 e. The summed E-state index contributed by atoms with van der Waals surface area (Å²) in [6.07, 6.45) is -0.449. The summed E-state index contributed by atoms with van der Waals surface area (Å²) in [5.74, 6) is 0. The number of carbonyl (C=O) groups excluding carboxylic acids is 1. The van der Waals surface area contributed by atoms with Crippen LogP contribution in [0, 0.1) is 0 Å². The molecule has 6 heteroatoms. The minimum Gasteiger partial charge on any atom is -0.433 e. The Morgan fingerprint density at radius 1 is 1.36 bits per heavy atom. The average molecular weight is 226 g/mol. The van der Waals surface area contributed by atoms with E-state index in [2.05, 4.69) is 4.74 Å². The number of carbonyl (C=O) groups is 1. The first-order valence-electron chi connectivity index (χ1n) is 4.23. The number of alkyl halides is 1. The van der Waals surface area contributed by atoms with Gasteiger partial charge in [0.1, 0.15) is 0 Å². The second-order valence-corrected chi connectivity index (χ2v) is 2.76. The molecule has 0 aromatic carbocycles. The van der Waals surface area contributed by atoms with E-state index in [4.69, 9.17) is 21.1 Å². The van der Waals surface area contributed by atoms with Crippen molar-refractivity contribution in [3.8, 4) is 0 Å². The number of nitrogens with zero attached hydrogens (tertiary/aromatic N) is 1. The summed E-state index contributed by atoms with van der Waals surface area (Å²) >= 11 is 5.23. The molecular weight excluding hydrogens is 210 g/mol. The quantitative estimate of drug-likeness (QED) is 0.478. The van der Waals surface area contributed by atoms with Crippen LogP contribution in [0.25, 0.3) is 0 Å². The lowest BCUT2D eigenvalue weighted by Crippen LogP contribution is -2.30. The second-order valence-electron chi connectivity index (χ2n) is 2.55. The summed E-state index contributed by atoms with van der Waals surface area (Å²) in [7, 11) is 3.22. The zero-order valence-electron chi connectivity index (χ0n) is 8.49. The van der Waals surface area contributed by atoms with Gasteiger partial charge in [-0.15, -0.1) is 0 Å². The standard InChI is InChI=1S/C8H16ClNO4/c1-10(8(11)14-7-9)3-4-13-6-5-12-2/h3-7H2,1-2H3. The molecule has 5 nitrogen and oxygen atoms in total. The molecule has 0 unspecified atom stereocenters. The highest BCUT2D eigenvalue weighted by atomic mass is 35.5. The summed E-state index contributed by atoms with van der Waals surface area (Å²) in [5.41, 5.74) is 0. The van der Waals surface area contributed by atoms with Crippen molar-refractivity contribution in [2.45, 2.75) is 0 Å². The van der Waals surface area contributed by atoms with Crippen molar-refractivity contribution in [1.29, 1.82) is 0 Å². The molecule has 0 fully saturated rings. The van der Waals surface area contributed by atoms with E-state index in [1.165, 1.54) is 4.90 Å². The van der Waals surface area contributed by atoms with E-state index in [-0.39, 0.29) is 6.07 Å². The van der Waals surface area contributed by atoms with E-state index in [0.717, 1.165) is 0 Å². The van der Waals surface area contributed by atoms with E-state index >= 15 is 0 Å². The van der Waals surface area contributed by atoms with Crippen LogP contribution in [0.15, 0.2) is 0 Å². The minimum absolute atomic E-state index is 0.131. The normalized spacial score (nSPS) is 9.93. The molecule has 84 valence electrons. The first kappa shape index (κ1) is 13.5. The van der Waals surface area contributed by atoms with E-state index < -0.39 is 6.09 Å². The maximum Gasteiger partial charge on any atom is 0.410 e. The molecule has 0 N–H and O–H groups in total. The molecule has 0 rings (SSSR count). The van der Waals surface area contributed by atoms with Crippen LogP contribution in [0.5, 0.6) is 0 Å². The van der Waals surface area contributed by atoms with Gasteiger partial charge in [0, 0.05) is 20.7 Å². The number of amides is 1. The molecule has 14 heavy (non-hydrogen) atoms. The predicted molar refractivity (Wildman–Crippen MR) is 52.5 cm³/mol. The maximum atomic E-state index is 11.0. The van der Waals surface area contributed by atoms with Crippen LogP contribution in [0.3, 0.4) is 0 Å². The Morgan fingerprint density at radius 2 is 2.07 bits per heavy atom. The zero-order chi connectivity index (χ0) is 10.8. The lowest BCUT2D eigenvalue weighted by Gasteiger charge is -2.15. The van der Waals surface area contributed by atoms with Crippen molar-refractivity contribution in [1.82, 2.24) is 4.90 Å². The number of methoxy groups -OCH3 is 1. The Morgan fingerprint density at radius 3 is 2.64 bits per heavy atom. The highest BCUT2D eigenvalue weighted by Gasteiger charge is 2.07. The van der Waals surface area contributed by atoms with Gasteiger partial charge >= 0.3 is 6.09 Å². The van der Waals surface area contributed by atoms with Gasteiger partial charge in [-0.3, -0.25) is 0 Å². The molecule has 0 spiro atoms. The Labute approximate surface area is 88.9 Å². The van der Waals surface area contributed by atoms with Gasteiger partial charge in [-0.05, 0) is 0 Å². The van der Waals surface area contributed by atoms with Crippen molar-refractivity contribution in [3.05, 3.63) is 0 Å². The maximum absolute atomic E-state index is 11.0. The van der Waals surface area contributed by atoms with Gasteiger partial charge in [0.05, 0.1) is 19.8 Å². The molecular formula is C8H16ClNO4. The van der Waals surface area contributed by atoms with Gasteiger partial charge in [0.2, 0.25) is 0 Å². The third-order valence-electron chi connectivity index (χ3n) is 1.49. The summed E-state index contributed by atoms with van der Waals surface area (Å²) < 4.78 is 14.5. The van der Waals surface area contributed by atoms with Crippen molar-refractivity contribution >= 4 is 17.7 Å². The molecule has 0 bridgehead atoms. The van der Waals surface area contributed by atoms with Gasteiger partial charge in [0.15, 0.2) is 6.07 Å². The third kappa shape index (κ3) is 6.94. The van der Waals surface area contributed by atoms with Crippen LogP contribution >= 0.6 is 11.6 Å². The number of halogens is 1. The molecule has 0 radical (unpaired) electrons. The van der Waals surface area contributed by atoms with Crippen molar-refractivity contribution in [2.24, 2.45) is 0 Å². The van der Waals surface area contributed by atoms with Crippen molar-refractivity contribution in [3.63, 3.8) is 0 Å². The summed E-state index contributed by atoms with van der Waals surface area (Å²) in [6, 6.07) is -0.131. The fraction of sp³-hybridized carbons (Fsp3) is 0.875. The second kappa shape index (κ2) is 9.05. The van der Waals surface area contributed by atoms with E-state index in [1.54, 1.807) is 14.2 Å². The van der Waals surface area contributed by atoms with Crippen LogP contribution in [0.1, 0.15) is 0 Å². The van der Waals surface area contributed by atoms with Crippen LogP contribution < -0.4 is 0 Å². The molecule has 0 aliphatic rings. The van der Waals surface area contributed by atoms with E-state index in [1.807, 2.05) is 0 Å². The van der Waals surface area contributed by atoms with E-state index in [9.17, 15) is 4.79 Å². The molecule has 1 amide bonds. The van der Waals surface area contributed by atoms with Crippen molar-refractivity contribution < 1.29 is 19.0 Å². The highest BCUT2D eigenvalue weighted by molar-refractivity contribution is 6.17. The van der Waals surface area contributed by atoms with Crippen LogP contribution in [0.2, 0.25) is 0 Å². The zero-order valence-corrected chi connectivity index (χ0v) is 9.25. The van der Waals surface area contributed by atoms with Gasteiger partial charge in [-0.2, -0.15) is 0 Å². The highest BCUT2D eigenvalue weighted by Crippen LogP contribution is 1.91. The van der Waals surface area contributed by atoms with Crippen LogP contribution in [-0.2, 0) is 14.2 Å². The van der Waals surface area contributed by atoms with Gasteiger partial charge in [-0.1, -0.05) is 11.6 Å². The lowest BCUT2D eigenvalue weighted by molar-refractivity contribution is 0.0571. The number of rotatable bonds is 7. The Bertz CT molecular complexity index is 156. The van der Waals surface area contributed by atoms with Crippen LogP contribution in [0.4, 0.5) is 4.79 Å². The minimum atomic E-state index is -0.449. The number of likely N-dealkylation sites (N-methyl/N-ethyl adjacent to an activating group) is 1. The Balaban J connectivity index is 3.34. The van der Waals surface area contributed by atoms with Crippen LogP contribution in [-0.4, -0.2) is 57.6 Å². The smallest absolute Gasteiger partial charge is 0.410 e. The molecule has 0 atom stereocenters. The first-order chi connectivity index (χ1) is 6.72. The molecule has 0 saturated carbocycles.